The number of ether oxygens (including phenoxy) is 2. The molecule has 1 amide bonds. The van der Waals surface area contributed by atoms with Crippen LogP contribution < -0.4 is 14.8 Å². The third-order valence-electron chi connectivity index (χ3n) is 3.92. The standard InChI is InChI=1S/C18H16F3NO3/c1-3-24-13-8-9-14-15(10-13)25-17(18(19,20)21,22-16(14)23)12-6-4-11(2)5-7-12/h4-10H,3H2,1-2H3,(H,22,23)/t17-/m1/s1. The maximum absolute atomic E-state index is 13.9. The Hall–Kier alpha value is -2.70. The molecule has 7 heteroatoms. The first kappa shape index (κ1) is 17.1. The van der Waals surface area contributed by atoms with Crippen molar-refractivity contribution in [3.8, 4) is 11.5 Å². The number of amides is 1. The van der Waals surface area contributed by atoms with Gasteiger partial charge in [-0.3, -0.25) is 4.79 Å². The van der Waals surface area contributed by atoms with Gasteiger partial charge in [0, 0.05) is 11.6 Å². The monoisotopic (exact) mass is 351 g/mol. The fraction of sp³-hybridized carbons (Fsp3) is 0.278. The first-order valence-electron chi connectivity index (χ1n) is 7.69. The van der Waals surface area contributed by atoms with E-state index in [0.717, 1.165) is 5.56 Å². The molecule has 1 atom stereocenters. The molecule has 0 aliphatic carbocycles. The van der Waals surface area contributed by atoms with E-state index >= 15 is 0 Å². The van der Waals surface area contributed by atoms with Gasteiger partial charge in [-0.25, -0.2) is 0 Å². The Balaban J connectivity index is 2.14. The number of hydrogen-bond acceptors (Lipinski definition) is 3. The Kier molecular flexibility index (Phi) is 4.10. The smallest absolute Gasteiger partial charge is 0.453 e. The van der Waals surface area contributed by atoms with Gasteiger partial charge in [0.25, 0.3) is 5.91 Å². The van der Waals surface area contributed by atoms with Gasteiger partial charge in [0.2, 0.25) is 0 Å². The Labute approximate surface area is 142 Å². The van der Waals surface area contributed by atoms with Crippen LogP contribution in [0.5, 0.6) is 11.5 Å². The van der Waals surface area contributed by atoms with Crippen molar-refractivity contribution in [3.05, 3.63) is 59.2 Å². The quantitative estimate of drug-likeness (QED) is 0.911. The topological polar surface area (TPSA) is 47.6 Å². The number of benzene rings is 2. The molecule has 0 bridgehead atoms. The summed E-state index contributed by atoms with van der Waals surface area (Å²) in [5, 5.41) is 1.99. The SMILES string of the molecule is CCOc1ccc2c(c1)O[C@](c1ccc(C)cc1)(C(F)(F)F)NC2=O. The summed E-state index contributed by atoms with van der Waals surface area (Å²) >= 11 is 0. The fourth-order valence-electron chi connectivity index (χ4n) is 2.66. The van der Waals surface area contributed by atoms with Gasteiger partial charge in [-0.1, -0.05) is 29.8 Å². The van der Waals surface area contributed by atoms with Crippen molar-refractivity contribution in [2.45, 2.75) is 25.7 Å². The molecule has 4 nitrogen and oxygen atoms in total. The fourth-order valence-corrected chi connectivity index (χ4v) is 2.66. The molecule has 1 N–H and O–H groups in total. The maximum Gasteiger partial charge on any atom is 0.453 e. The van der Waals surface area contributed by atoms with Crippen LogP contribution in [0.2, 0.25) is 0 Å². The molecule has 2 aromatic carbocycles. The van der Waals surface area contributed by atoms with Crippen molar-refractivity contribution >= 4 is 5.91 Å². The van der Waals surface area contributed by atoms with E-state index in [-0.39, 0.29) is 16.9 Å². The molecular weight excluding hydrogens is 335 g/mol. The van der Waals surface area contributed by atoms with Crippen LogP contribution in [0.25, 0.3) is 0 Å². The Morgan fingerprint density at radius 2 is 1.84 bits per heavy atom. The minimum Gasteiger partial charge on any atom is -0.494 e. The largest absolute Gasteiger partial charge is 0.494 e. The molecule has 132 valence electrons. The molecule has 0 aromatic heterocycles. The van der Waals surface area contributed by atoms with Crippen LogP contribution >= 0.6 is 0 Å². The van der Waals surface area contributed by atoms with Gasteiger partial charge in [0.05, 0.1) is 12.2 Å². The van der Waals surface area contributed by atoms with Gasteiger partial charge < -0.3 is 14.8 Å². The number of rotatable bonds is 3. The lowest BCUT2D eigenvalue weighted by atomic mass is 9.97. The zero-order valence-corrected chi connectivity index (χ0v) is 13.6. The number of hydrogen-bond donors (Lipinski definition) is 1. The molecule has 0 saturated carbocycles. The highest BCUT2D eigenvalue weighted by Gasteiger charge is 2.62. The highest BCUT2D eigenvalue weighted by Crippen LogP contribution is 2.45. The van der Waals surface area contributed by atoms with Crippen LogP contribution in [0.3, 0.4) is 0 Å². The summed E-state index contributed by atoms with van der Waals surface area (Å²) in [6.45, 7) is 3.85. The molecule has 1 aliphatic heterocycles. The maximum atomic E-state index is 13.9. The van der Waals surface area contributed by atoms with Crippen LogP contribution in [-0.4, -0.2) is 18.7 Å². The summed E-state index contributed by atoms with van der Waals surface area (Å²) in [6.07, 6.45) is -4.86. The third-order valence-corrected chi connectivity index (χ3v) is 3.92. The average Bonchev–Trinajstić information content (AvgIpc) is 2.54. The summed E-state index contributed by atoms with van der Waals surface area (Å²) in [5.74, 6) is -0.703. The number of fused-ring (bicyclic) bond motifs is 1. The van der Waals surface area contributed by atoms with Crippen LogP contribution in [0.15, 0.2) is 42.5 Å². The van der Waals surface area contributed by atoms with E-state index in [1.165, 1.54) is 42.5 Å². The number of alkyl halides is 3. The lowest BCUT2D eigenvalue weighted by Crippen LogP contribution is -2.62. The van der Waals surface area contributed by atoms with Crippen molar-refractivity contribution in [1.82, 2.24) is 5.32 Å². The van der Waals surface area contributed by atoms with E-state index in [1.807, 2.05) is 5.32 Å². The lowest BCUT2D eigenvalue weighted by Gasteiger charge is -2.40. The van der Waals surface area contributed by atoms with Crippen LogP contribution in [0.1, 0.15) is 28.4 Å². The molecule has 0 unspecified atom stereocenters. The van der Waals surface area contributed by atoms with Crippen LogP contribution in [0, 0.1) is 6.92 Å². The van der Waals surface area contributed by atoms with Gasteiger partial charge in [0.1, 0.15) is 11.5 Å². The minimum absolute atomic E-state index is 0.0236. The van der Waals surface area contributed by atoms with Crippen molar-refractivity contribution in [2.24, 2.45) is 0 Å². The van der Waals surface area contributed by atoms with Crippen molar-refractivity contribution in [2.75, 3.05) is 6.61 Å². The van der Waals surface area contributed by atoms with Gasteiger partial charge in [-0.2, -0.15) is 13.2 Å². The summed E-state index contributed by atoms with van der Waals surface area (Å²) < 4.78 is 52.4. The number of carbonyl (C=O) groups is 1. The number of nitrogens with one attached hydrogen (secondary N) is 1. The second-order valence-electron chi connectivity index (χ2n) is 5.69. The van der Waals surface area contributed by atoms with Gasteiger partial charge in [0.15, 0.2) is 0 Å². The van der Waals surface area contributed by atoms with Gasteiger partial charge in [-0.15, -0.1) is 0 Å². The van der Waals surface area contributed by atoms with Crippen molar-refractivity contribution in [3.63, 3.8) is 0 Å². The number of halogens is 3. The molecular formula is C18H16F3NO3. The third kappa shape index (κ3) is 2.90. The predicted octanol–water partition coefficient (Wildman–Crippen LogP) is 3.93. The predicted molar refractivity (Wildman–Crippen MR) is 84.6 cm³/mol. The molecule has 1 heterocycles. The summed E-state index contributed by atoms with van der Waals surface area (Å²) in [6, 6.07) is 9.84. The number of carbonyl (C=O) groups excluding carboxylic acids is 1. The lowest BCUT2D eigenvalue weighted by molar-refractivity contribution is -0.265. The molecule has 0 fully saturated rings. The Bertz CT molecular complexity index is 802. The van der Waals surface area contributed by atoms with E-state index < -0.39 is 17.8 Å². The Morgan fingerprint density at radius 1 is 1.16 bits per heavy atom. The number of aryl methyl sites for hydroxylation is 1. The first-order valence-corrected chi connectivity index (χ1v) is 7.69. The average molecular weight is 351 g/mol. The van der Waals surface area contributed by atoms with Crippen LogP contribution in [0.4, 0.5) is 13.2 Å². The summed E-state index contributed by atoms with van der Waals surface area (Å²) in [4.78, 5) is 12.3. The van der Waals surface area contributed by atoms with Crippen LogP contribution in [-0.2, 0) is 5.72 Å². The van der Waals surface area contributed by atoms with E-state index in [4.69, 9.17) is 9.47 Å². The zero-order valence-electron chi connectivity index (χ0n) is 13.6. The molecule has 2 aromatic rings. The minimum atomic E-state index is -4.86. The summed E-state index contributed by atoms with van der Waals surface area (Å²) in [5.41, 5.74) is -2.33. The highest BCUT2D eigenvalue weighted by molar-refractivity contribution is 5.98. The van der Waals surface area contributed by atoms with E-state index in [0.29, 0.717) is 12.4 Å². The van der Waals surface area contributed by atoms with Gasteiger partial charge >= 0.3 is 11.9 Å². The van der Waals surface area contributed by atoms with E-state index in [1.54, 1.807) is 13.8 Å². The normalized spacial score (nSPS) is 19.6. The molecule has 25 heavy (non-hydrogen) atoms. The van der Waals surface area contributed by atoms with Crippen molar-refractivity contribution < 1.29 is 27.4 Å². The second kappa shape index (κ2) is 5.98. The zero-order chi connectivity index (χ0) is 18.2. The molecule has 0 saturated heterocycles. The molecule has 0 spiro atoms. The van der Waals surface area contributed by atoms with Gasteiger partial charge in [-0.05, 0) is 26.0 Å². The summed E-state index contributed by atoms with van der Waals surface area (Å²) in [7, 11) is 0. The molecule has 0 radical (unpaired) electrons. The Morgan fingerprint density at radius 3 is 2.44 bits per heavy atom. The highest BCUT2D eigenvalue weighted by atomic mass is 19.4. The van der Waals surface area contributed by atoms with Crippen molar-refractivity contribution in [1.29, 1.82) is 0 Å². The molecule has 3 rings (SSSR count). The first-order chi connectivity index (χ1) is 11.8. The van der Waals surface area contributed by atoms with E-state index in [9.17, 15) is 18.0 Å². The second-order valence-corrected chi connectivity index (χ2v) is 5.69. The molecule has 1 aliphatic rings. The van der Waals surface area contributed by atoms with E-state index in [2.05, 4.69) is 0 Å².